The number of benzene rings is 2. The number of aryl methyl sites for hydroxylation is 1. The van der Waals surface area contributed by atoms with Gasteiger partial charge in [0.1, 0.15) is 5.82 Å². The van der Waals surface area contributed by atoms with E-state index in [1.54, 1.807) is 12.1 Å². The van der Waals surface area contributed by atoms with Crippen LogP contribution in [0.5, 0.6) is 0 Å². The maximum Gasteiger partial charge on any atom is 0.136 e. The molecule has 0 aliphatic heterocycles. The van der Waals surface area contributed by atoms with Crippen LogP contribution in [0.1, 0.15) is 17.2 Å². The first-order valence-electron chi connectivity index (χ1n) is 5.97. The Kier molecular flexibility index (Phi) is 4.86. The second kappa shape index (κ2) is 6.42. The summed E-state index contributed by atoms with van der Waals surface area (Å²) in [5.41, 5.74) is 8.11. The van der Waals surface area contributed by atoms with Gasteiger partial charge in [0.15, 0.2) is 0 Å². The molecule has 0 amide bonds. The molecule has 0 fully saturated rings. The molecule has 0 radical (unpaired) electrons. The molecule has 1 atom stereocenters. The Morgan fingerprint density at radius 2 is 2.00 bits per heavy atom. The van der Waals surface area contributed by atoms with E-state index in [2.05, 4.69) is 0 Å². The van der Waals surface area contributed by atoms with Crippen molar-refractivity contribution in [2.75, 3.05) is 5.75 Å². The fourth-order valence-electron chi connectivity index (χ4n) is 1.68. The third kappa shape index (κ3) is 3.72. The number of thioether (sulfide) groups is 1. The van der Waals surface area contributed by atoms with E-state index < -0.39 is 0 Å². The van der Waals surface area contributed by atoms with E-state index in [9.17, 15) is 4.39 Å². The van der Waals surface area contributed by atoms with Gasteiger partial charge in [0.2, 0.25) is 0 Å². The Morgan fingerprint density at radius 3 is 2.68 bits per heavy atom. The predicted octanol–water partition coefficient (Wildman–Crippen LogP) is 4.58. The van der Waals surface area contributed by atoms with Crippen molar-refractivity contribution in [2.45, 2.75) is 17.9 Å². The van der Waals surface area contributed by atoms with Gasteiger partial charge >= 0.3 is 0 Å². The zero-order valence-corrected chi connectivity index (χ0v) is 12.1. The van der Waals surface area contributed by atoms with Crippen LogP contribution in [0.3, 0.4) is 0 Å². The fraction of sp³-hybridized carbons (Fsp3) is 0.200. The van der Waals surface area contributed by atoms with Crippen LogP contribution < -0.4 is 5.73 Å². The molecule has 2 rings (SSSR count). The summed E-state index contributed by atoms with van der Waals surface area (Å²) in [4.78, 5) is 0.621. The highest BCUT2D eigenvalue weighted by Gasteiger charge is 2.10. The molecule has 2 N–H and O–H groups in total. The van der Waals surface area contributed by atoms with Gasteiger partial charge in [0.05, 0.1) is 0 Å². The molecule has 2 aromatic rings. The largest absolute Gasteiger partial charge is 0.323 e. The second-order valence-electron chi connectivity index (χ2n) is 4.36. The summed E-state index contributed by atoms with van der Waals surface area (Å²) in [6, 6.07) is 12.3. The molecule has 0 bridgehead atoms. The average Bonchev–Trinajstić information content (AvgIpc) is 2.40. The monoisotopic (exact) mass is 295 g/mol. The third-order valence-corrected chi connectivity index (χ3v) is 4.45. The molecule has 100 valence electrons. The van der Waals surface area contributed by atoms with Crippen molar-refractivity contribution >= 4 is 23.4 Å². The van der Waals surface area contributed by atoms with Gasteiger partial charge in [0.25, 0.3) is 0 Å². The van der Waals surface area contributed by atoms with Crippen molar-refractivity contribution in [1.82, 2.24) is 0 Å². The minimum absolute atomic E-state index is 0.164. The van der Waals surface area contributed by atoms with Gasteiger partial charge in [-0.05, 0) is 36.2 Å². The zero-order valence-electron chi connectivity index (χ0n) is 10.6. The van der Waals surface area contributed by atoms with Gasteiger partial charge in [-0.1, -0.05) is 35.9 Å². The molecule has 19 heavy (non-hydrogen) atoms. The molecular formula is C15H15ClFNS. The first-order valence-corrected chi connectivity index (χ1v) is 7.33. The SMILES string of the molecule is Cc1ccc(C(N)CSc2ccccc2F)cc1Cl. The molecule has 0 aliphatic carbocycles. The number of hydrogen-bond acceptors (Lipinski definition) is 2. The van der Waals surface area contributed by atoms with Crippen molar-refractivity contribution in [2.24, 2.45) is 5.73 Å². The van der Waals surface area contributed by atoms with Crippen LogP contribution in [0, 0.1) is 12.7 Å². The van der Waals surface area contributed by atoms with Crippen molar-refractivity contribution in [3.8, 4) is 0 Å². The van der Waals surface area contributed by atoms with Crippen molar-refractivity contribution in [3.63, 3.8) is 0 Å². The topological polar surface area (TPSA) is 26.0 Å². The molecule has 1 nitrogen and oxygen atoms in total. The third-order valence-electron chi connectivity index (χ3n) is 2.88. The minimum Gasteiger partial charge on any atom is -0.323 e. The molecule has 0 saturated carbocycles. The second-order valence-corrected chi connectivity index (χ2v) is 5.83. The van der Waals surface area contributed by atoms with Crippen LogP contribution >= 0.6 is 23.4 Å². The molecule has 2 aromatic carbocycles. The molecule has 0 aliphatic rings. The van der Waals surface area contributed by atoms with Gasteiger partial charge in [-0.25, -0.2) is 4.39 Å². The van der Waals surface area contributed by atoms with E-state index in [4.69, 9.17) is 17.3 Å². The summed E-state index contributed by atoms with van der Waals surface area (Å²) in [7, 11) is 0. The van der Waals surface area contributed by atoms with Crippen LogP contribution in [0.25, 0.3) is 0 Å². The first-order chi connectivity index (χ1) is 9.08. The highest BCUT2D eigenvalue weighted by molar-refractivity contribution is 7.99. The summed E-state index contributed by atoms with van der Waals surface area (Å²) in [5, 5.41) is 0.712. The zero-order chi connectivity index (χ0) is 13.8. The molecule has 0 spiro atoms. The van der Waals surface area contributed by atoms with Crippen LogP contribution in [0.15, 0.2) is 47.4 Å². The Hall–Kier alpha value is -1.03. The molecular weight excluding hydrogens is 281 g/mol. The number of hydrogen-bond donors (Lipinski definition) is 1. The van der Waals surface area contributed by atoms with Crippen LogP contribution in [0.2, 0.25) is 5.02 Å². The maximum absolute atomic E-state index is 13.5. The van der Waals surface area contributed by atoms with E-state index >= 15 is 0 Å². The van der Waals surface area contributed by atoms with Gasteiger partial charge < -0.3 is 5.73 Å². The molecule has 1 unspecified atom stereocenters. The number of rotatable bonds is 4. The maximum atomic E-state index is 13.5. The Bertz CT molecular complexity index is 574. The van der Waals surface area contributed by atoms with Gasteiger partial charge in [-0.2, -0.15) is 0 Å². The van der Waals surface area contributed by atoms with E-state index in [-0.39, 0.29) is 11.9 Å². The lowest BCUT2D eigenvalue weighted by atomic mass is 10.1. The Morgan fingerprint density at radius 1 is 1.26 bits per heavy atom. The van der Waals surface area contributed by atoms with Crippen LogP contribution in [0.4, 0.5) is 4.39 Å². The fourth-order valence-corrected chi connectivity index (χ4v) is 2.80. The standard InChI is InChI=1S/C15H15ClFNS/c1-10-6-7-11(8-12(10)16)14(18)9-19-15-5-3-2-4-13(15)17/h2-8,14H,9,18H2,1H3. The summed E-state index contributed by atoms with van der Waals surface area (Å²) in [5.74, 6) is 0.405. The van der Waals surface area contributed by atoms with Crippen LogP contribution in [-0.2, 0) is 0 Å². The Balaban J connectivity index is 2.03. The minimum atomic E-state index is -0.207. The van der Waals surface area contributed by atoms with E-state index in [1.165, 1.54) is 17.8 Å². The van der Waals surface area contributed by atoms with Crippen molar-refractivity contribution < 1.29 is 4.39 Å². The lowest BCUT2D eigenvalue weighted by Crippen LogP contribution is -2.13. The highest BCUT2D eigenvalue weighted by Crippen LogP contribution is 2.27. The smallest absolute Gasteiger partial charge is 0.136 e. The summed E-state index contributed by atoms with van der Waals surface area (Å²) in [6.45, 7) is 1.95. The molecule has 4 heteroatoms. The Labute approximate surface area is 122 Å². The molecule has 0 aromatic heterocycles. The summed E-state index contributed by atoms with van der Waals surface area (Å²) in [6.07, 6.45) is 0. The summed E-state index contributed by atoms with van der Waals surface area (Å²) < 4.78 is 13.5. The summed E-state index contributed by atoms with van der Waals surface area (Å²) >= 11 is 7.49. The van der Waals surface area contributed by atoms with Gasteiger partial charge in [-0.15, -0.1) is 11.8 Å². The lowest BCUT2D eigenvalue weighted by molar-refractivity contribution is 0.602. The average molecular weight is 296 g/mol. The number of halogens is 2. The van der Waals surface area contributed by atoms with Gasteiger partial charge in [-0.3, -0.25) is 0 Å². The quantitative estimate of drug-likeness (QED) is 0.836. The van der Waals surface area contributed by atoms with Crippen molar-refractivity contribution in [1.29, 1.82) is 0 Å². The van der Waals surface area contributed by atoms with E-state index in [0.29, 0.717) is 15.7 Å². The normalized spacial score (nSPS) is 12.4. The molecule has 0 heterocycles. The van der Waals surface area contributed by atoms with Crippen molar-refractivity contribution in [3.05, 3.63) is 64.4 Å². The lowest BCUT2D eigenvalue weighted by Gasteiger charge is -2.13. The van der Waals surface area contributed by atoms with Gasteiger partial charge in [0, 0.05) is 21.7 Å². The first kappa shape index (κ1) is 14.4. The van der Waals surface area contributed by atoms with E-state index in [1.807, 2.05) is 31.2 Å². The molecule has 0 saturated heterocycles. The highest BCUT2D eigenvalue weighted by atomic mass is 35.5. The predicted molar refractivity (Wildman–Crippen MR) is 80.2 cm³/mol. The van der Waals surface area contributed by atoms with E-state index in [0.717, 1.165) is 11.1 Å². The van der Waals surface area contributed by atoms with Crippen LogP contribution in [-0.4, -0.2) is 5.75 Å². The number of nitrogens with two attached hydrogens (primary N) is 1.